The molecule has 8 nitrogen and oxygen atoms in total. The molecule has 2 N–H and O–H groups in total. The number of imide groups is 1. The number of hydrogen-bond donors (Lipinski definition) is 2. The average Bonchev–Trinajstić information content (AvgIpc) is 3.10. The molecule has 1 aromatic carbocycles. The molecule has 8 heteroatoms. The lowest BCUT2D eigenvalue weighted by molar-refractivity contribution is -0.136. The van der Waals surface area contributed by atoms with Crippen LogP contribution in [0.15, 0.2) is 18.2 Å². The minimum atomic E-state index is -0.556. The van der Waals surface area contributed by atoms with Crippen LogP contribution in [0, 0.1) is 0 Å². The SMILES string of the molecule is O=C1CCC(N2Cc3cc(N4CCCC(N5CCNCC5)CCC4)ccc3C2=O)C(=O)N1. The minimum Gasteiger partial charge on any atom is -0.372 e. The fourth-order valence-corrected chi connectivity index (χ4v) is 5.72. The van der Waals surface area contributed by atoms with Gasteiger partial charge in [0.25, 0.3) is 5.91 Å². The second-order valence-electron chi connectivity index (χ2n) is 9.45. The molecule has 0 bridgehead atoms. The molecule has 3 saturated heterocycles. The highest BCUT2D eigenvalue weighted by Crippen LogP contribution is 2.31. The van der Waals surface area contributed by atoms with Crippen molar-refractivity contribution in [1.82, 2.24) is 20.4 Å². The van der Waals surface area contributed by atoms with Gasteiger partial charge in [0.15, 0.2) is 0 Å². The lowest BCUT2D eigenvalue weighted by atomic mass is 9.99. The Hall–Kier alpha value is -2.45. The number of piperazine rings is 1. The Balaban J connectivity index is 1.23. The van der Waals surface area contributed by atoms with Crippen LogP contribution in [-0.4, -0.2) is 78.9 Å². The van der Waals surface area contributed by atoms with Crippen molar-refractivity contribution >= 4 is 23.4 Å². The van der Waals surface area contributed by atoms with Crippen LogP contribution in [0.25, 0.3) is 0 Å². The molecule has 1 unspecified atom stereocenters. The summed E-state index contributed by atoms with van der Waals surface area (Å²) in [6, 6.07) is 6.26. The van der Waals surface area contributed by atoms with Gasteiger partial charge in [0.05, 0.1) is 0 Å². The summed E-state index contributed by atoms with van der Waals surface area (Å²) >= 11 is 0. The van der Waals surface area contributed by atoms with Gasteiger partial charge in [-0.05, 0) is 55.9 Å². The zero-order valence-electron chi connectivity index (χ0n) is 18.6. The number of hydrogen-bond acceptors (Lipinski definition) is 6. The van der Waals surface area contributed by atoms with E-state index in [2.05, 4.69) is 32.6 Å². The quantitative estimate of drug-likeness (QED) is 0.687. The van der Waals surface area contributed by atoms with Crippen LogP contribution in [-0.2, 0) is 16.1 Å². The third kappa shape index (κ3) is 4.26. The van der Waals surface area contributed by atoms with Gasteiger partial charge in [-0.15, -0.1) is 0 Å². The number of nitrogens with one attached hydrogen (secondary N) is 2. The zero-order valence-corrected chi connectivity index (χ0v) is 18.6. The molecule has 3 amide bonds. The van der Waals surface area contributed by atoms with Crippen LogP contribution in [0.2, 0.25) is 0 Å². The van der Waals surface area contributed by atoms with E-state index < -0.39 is 6.04 Å². The molecule has 1 atom stereocenters. The van der Waals surface area contributed by atoms with Gasteiger partial charge in [-0.2, -0.15) is 0 Å². The molecule has 32 heavy (non-hydrogen) atoms. The molecule has 0 saturated carbocycles. The van der Waals surface area contributed by atoms with E-state index in [9.17, 15) is 14.4 Å². The van der Waals surface area contributed by atoms with E-state index in [-0.39, 0.29) is 24.1 Å². The Morgan fingerprint density at radius 2 is 1.66 bits per heavy atom. The van der Waals surface area contributed by atoms with Crippen molar-refractivity contribution in [3.8, 4) is 0 Å². The first kappa shape index (κ1) is 21.4. The molecule has 0 radical (unpaired) electrons. The van der Waals surface area contributed by atoms with Gasteiger partial charge < -0.3 is 15.1 Å². The molecule has 5 rings (SSSR count). The molecule has 3 fully saturated rings. The smallest absolute Gasteiger partial charge is 0.255 e. The lowest BCUT2D eigenvalue weighted by Gasteiger charge is -2.38. The summed E-state index contributed by atoms with van der Waals surface area (Å²) in [5.41, 5.74) is 2.84. The summed E-state index contributed by atoms with van der Waals surface area (Å²) in [5, 5.41) is 5.82. The third-order valence-electron chi connectivity index (χ3n) is 7.47. The van der Waals surface area contributed by atoms with Gasteiger partial charge in [-0.25, -0.2) is 0 Å². The predicted molar refractivity (Wildman–Crippen MR) is 121 cm³/mol. The van der Waals surface area contributed by atoms with Crippen molar-refractivity contribution in [2.75, 3.05) is 44.2 Å². The fourth-order valence-electron chi connectivity index (χ4n) is 5.72. The van der Waals surface area contributed by atoms with Crippen molar-refractivity contribution < 1.29 is 14.4 Å². The maximum atomic E-state index is 12.9. The number of anilines is 1. The van der Waals surface area contributed by atoms with Crippen LogP contribution in [0.1, 0.15) is 54.4 Å². The zero-order chi connectivity index (χ0) is 22.1. The Morgan fingerprint density at radius 3 is 2.38 bits per heavy atom. The molecule has 0 spiro atoms. The minimum absolute atomic E-state index is 0.104. The highest BCUT2D eigenvalue weighted by atomic mass is 16.2. The Kier molecular flexibility index (Phi) is 6.15. The summed E-state index contributed by atoms with van der Waals surface area (Å²) in [5.74, 6) is -0.716. The third-order valence-corrected chi connectivity index (χ3v) is 7.47. The second-order valence-corrected chi connectivity index (χ2v) is 9.45. The van der Waals surface area contributed by atoms with Gasteiger partial charge in [-0.3, -0.25) is 24.6 Å². The van der Waals surface area contributed by atoms with Gasteiger partial charge in [-0.1, -0.05) is 0 Å². The van der Waals surface area contributed by atoms with E-state index in [0.29, 0.717) is 24.6 Å². The largest absolute Gasteiger partial charge is 0.372 e. The highest BCUT2D eigenvalue weighted by molar-refractivity contribution is 6.05. The van der Waals surface area contributed by atoms with Gasteiger partial charge in [0, 0.05) is 69.5 Å². The number of carbonyl (C=O) groups is 3. The van der Waals surface area contributed by atoms with E-state index in [4.69, 9.17) is 0 Å². The maximum Gasteiger partial charge on any atom is 0.255 e. The molecule has 4 heterocycles. The van der Waals surface area contributed by atoms with Crippen LogP contribution in [0.4, 0.5) is 5.69 Å². The summed E-state index contributed by atoms with van der Waals surface area (Å²) < 4.78 is 0. The number of piperidine rings is 1. The van der Waals surface area contributed by atoms with Crippen LogP contribution >= 0.6 is 0 Å². The standard InChI is InChI=1S/C24H33N5O3/c30-22-8-7-21(23(31)26-22)29-16-17-15-19(5-6-20(17)24(29)32)27-11-1-3-18(4-2-12-27)28-13-9-25-10-14-28/h5-6,15,18,21,25H,1-4,7-14,16H2,(H,26,30,31). The first-order valence-corrected chi connectivity index (χ1v) is 12.1. The molecule has 4 aliphatic heterocycles. The average molecular weight is 440 g/mol. The van der Waals surface area contributed by atoms with Crippen LogP contribution < -0.4 is 15.5 Å². The van der Waals surface area contributed by atoms with Gasteiger partial charge in [0.2, 0.25) is 11.8 Å². The second kappa shape index (κ2) is 9.19. The number of rotatable bonds is 3. The number of amides is 3. The number of nitrogens with zero attached hydrogens (tertiary/aromatic N) is 3. The number of fused-ring (bicyclic) bond motifs is 1. The van der Waals surface area contributed by atoms with Gasteiger partial charge >= 0.3 is 0 Å². The summed E-state index contributed by atoms with van der Waals surface area (Å²) in [4.78, 5) is 43.4. The number of carbonyl (C=O) groups excluding carboxylic acids is 3. The molecule has 1 aromatic rings. The molecular weight excluding hydrogens is 406 g/mol. The molecule has 4 aliphatic rings. The van der Waals surface area contributed by atoms with Crippen LogP contribution in [0.5, 0.6) is 0 Å². The van der Waals surface area contributed by atoms with E-state index in [0.717, 1.165) is 44.8 Å². The van der Waals surface area contributed by atoms with Crippen molar-refractivity contribution in [1.29, 1.82) is 0 Å². The molecule has 172 valence electrons. The predicted octanol–water partition coefficient (Wildman–Crippen LogP) is 1.10. The van der Waals surface area contributed by atoms with Crippen molar-refractivity contribution in [3.05, 3.63) is 29.3 Å². The Labute approximate surface area is 189 Å². The summed E-state index contributed by atoms with van der Waals surface area (Å²) in [7, 11) is 0. The van der Waals surface area contributed by atoms with Crippen LogP contribution in [0.3, 0.4) is 0 Å². The molecule has 0 aromatic heterocycles. The molecule has 0 aliphatic carbocycles. The summed E-state index contributed by atoms with van der Waals surface area (Å²) in [6.07, 6.45) is 5.51. The Bertz CT molecular complexity index is 888. The monoisotopic (exact) mass is 439 g/mol. The summed E-state index contributed by atoms with van der Waals surface area (Å²) in [6.45, 7) is 7.04. The van der Waals surface area contributed by atoms with E-state index in [1.165, 1.54) is 31.4 Å². The van der Waals surface area contributed by atoms with Crippen molar-refractivity contribution in [3.63, 3.8) is 0 Å². The van der Waals surface area contributed by atoms with E-state index in [1.54, 1.807) is 4.90 Å². The molecular formula is C24H33N5O3. The van der Waals surface area contributed by atoms with Crippen molar-refractivity contribution in [2.24, 2.45) is 0 Å². The van der Waals surface area contributed by atoms with Crippen molar-refractivity contribution in [2.45, 2.75) is 57.2 Å². The highest BCUT2D eigenvalue weighted by Gasteiger charge is 2.39. The Morgan fingerprint density at radius 1 is 0.906 bits per heavy atom. The van der Waals surface area contributed by atoms with E-state index in [1.807, 2.05) is 6.07 Å². The van der Waals surface area contributed by atoms with E-state index >= 15 is 0 Å². The topological polar surface area (TPSA) is 85.0 Å². The fraction of sp³-hybridized carbons (Fsp3) is 0.625. The normalized spacial score (nSPS) is 26.0. The maximum absolute atomic E-state index is 12.9. The van der Waals surface area contributed by atoms with Gasteiger partial charge in [0.1, 0.15) is 6.04 Å². The first-order chi connectivity index (χ1) is 15.6. The first-order valence-electron chi connectivity index (χ1n) is 12.1. The lowest BCUT2D eigenvalue weighted by Crippen LogP contribution is -2.52. The number of benzene rings is 1.